The number of allylic oxidation sites excluding steroid dienone is 2. The molecular formula is C68H78Br4INO16. The monoisotopic (exact) mass is 1610 g/mol. The number of halogens is 5. The Kier molecular flexibility index (Phi) is 36.7. The maximum absolute atomic E-state index is 10.3. The standard InChI is InChI=1S/C11H14O2.C10H12O.2C9H12O3.C8H9BrO2.C7H5Br3O.C7H7IO.C7H7NO3/c1-4-5-9-7-11(13-3)10(12)6-8(9)2;1-3-5-9-8(2)6-4-7-10(9)11;1-6-4-7(10)9(12-3)8(5-6)11-2;1-6-4-5-7(11-2)8(10)9(6)12-3;1-5-3-7(10)8(11-2)4-6(5)9;1-3-4(8)2-5(9)7(11)6(3)10;1-5-2-3-6(8)7(9)4-5;1-5-4-6(9)2-3-7(5)8(10)11/h4,6-7,12H,1,5H2,2-3H3;3-4,6-7,11H,1,5H2,2H3;2*4-5,10H,1-3H3;3-4,10H,1-2H3;2,11H,1H3;2-4,9H,1H3;2-4,9H,1H3. The van der Waals surface area contributed by atoms with Crippen molar-refractivity contribution in [3.63, 3.8) is 0 Å². The lowest BCUT2D eigenvalue weighted by Crippen LogP contribution is -1.91. The van der Waals surface area contributed by atoms with Crippen molar-refractivity contribution in [2.45, 2.75) is 68.2 Å². The van der Waals surface area contributed by atoms with Gasteiger partial charge in [0, 0.05) is 26.1 Å². The molecule has 90 heavy (non-hydrogen) atoms. The molecule has 17 nitrogen and oxygen atoms in total. The highest BCUT2D eigenvalue weighted by molar-refractivity contribution is 14.1. The molecule has 0 atom stereocenters. The largest absolute Gasteiger partial charge is 0.508 e. The van der Waals surface area contributed by atoms with Crippen molar-refractivity contribution < 1.29 is 74.2 Å². The van der Waals surface area contributed by atoms with Crippen LogP contribution in [-0.2, 0) is 12.8 Å². The number of rotatable bonds is 11. The molecule has 0 fully saturated rings. The van der Waals surface area contributed by atoms with E-state index in [1.807, 2.05) is 97.0 Å². The van der Waals surface area contributed by atoms with Crippen LogP contribution in [0.15, 0.2) is 152 Å². The molecule has 0 amide bonds. The Bertz CT molecular complexity index is 3610. The average molecular weight is 1610 g/mol. The third-order valence-electron chi connectivity index (χ3n) is 12.4. The van der Waals surface area contributed by atoms with E-state index in [4.69, 9.17) is 38.6 Å². The normalized spacial score (nSPS) is 9.68. The number of aromatic hydroxyl groups is 8. The summed E-state index contributed by atoms with van der Waals surface area (Å²) >= 11 is 15.3. The van der Waals surface area contributed by atoms with Crippen LogP contribution in [0, 0.1) is 69.1 Å². The van der Waals surface area contributed by atoms with Gasteiger partial charge in [0.1, 0.15) is 23.0 Å². The molecular weight excluding hydrogens is 1530 g/mol. The van der Waals surface area contributed by atoms with Crippen LogP contribution in [0.5, 0.6) is 80.5 Å². The SMILES string of the molecule is C=CCc1c(C)cccc1O.C=CCc1cc(OC)c(O)cc1C.COc1cc(Br)c(C)cc1O.COc1cc(C)cc(O)c1OC.COc1ccc(C)c(OC)c1O.Cc1c(Br)cc(Br)c(O)c1Br.Cc1cc(O)ccc1[N+](=O)[O-].Cc1ccc(I)c(O)c1. The van der Waals surface area contributed by atoms with Crippen molar-refractivity contribution in [1.82, 2.24) is 0 Å². The van der Waals surface area contributed by atoms with Gasteiger partial charge in [-0.2, -0.15) is 0 Å². The van der Waals surface area contributed by atoms with Gasteiger partial charge in [-0.1, -0.05) is 68.3 Å². The number of benzene rings is 8. The predicted molar refractivity (Wildman–Crippen MR) is 380 cm³/mol. The van der Waals surface area contributed by atoms with Crippen molar-refractivity contribution >= 4 is 92.0 Å². The highest BCUT2D eigenvalue weighted by atomic mass is 127. The second-order valence-electron chi connectivity index (χ2n) is 19.1. The topological polar surface area (TPSA) is 260 Å². The first-order valence-corrected chi connectivity index (χ1v) is 31.0. The molecule has 0 heterocycles. The molecule has 0 aliphatic heterocycles. The molecule has 0 radical (unpaired) electrons. The first kappa shape index (κ1) is 80.5. The number of nitro benzene ring substituents is 1. The van der Waals surface area contributed by atoms with Crippen LogP contribution in [0.25, 0.3) is 0 Å². The minimum Gasteiger partial charge on any atom is -0.508 e. The molecule has 8 aromatic rings. The van der Waals surface area contributed by atoms with Gasteiger partial charge in [-0.3, -0.25) is 10.1 Å². The van der Waals surface area contributed by atoms with Crippen molar-refractivity contribution in [1.29, 1.82) is 0 Å². The van der Waals surface area contributed by atoms with E-state index in [1.54, 1.807) is 68.6 Å². The van der Waals surface area contributed by atoms with Gasteiger partial charge in [-0.25, -0.2) is 0 Å². The summed E-state index contributed by atoms with van der Waals surface area (Å²) in [6.07, 6.45) is 5.15. The number of hydrogen-bond donors (Lipinski definition) is 8. The first-order valence-electron chi connectivity index (χ1n) is 26.8. The Morgan fingerprint density at radius 1 is 0.467 bits per heavy atom. The lowest BCUT2D eigenvalue weighted by atomic mass is 10.0. The number of ether oxygens (including phenoxy) is 6. The van der Waals surface area contributed by atoms with E-state index in [2.05, 4.69) is 99.5 Å². The van der Waals surface area contributed by atoms with E-state index in [0.29, 0.717) is 56.0 Å². The van der Waals surface area contributed by atoms with E-state index >= 15 is 0 Å². The fourth-order valence-corrected chi connectivity index (χ4v) is 10.2. The molecule has 486 valence electrons. The highest BCUT2D eigenvalue weighted by Crippen LogP contribution is 2.40. The van der Waals surface area contributed by atoms with Crippen LogP contribution in [0.1, 0.15) is 55.6 Å². The summed E-state index contributed by atoms with van der Waals surface area (Å²) in [6, 6.07) is 30.8. The molecule has 22 heteroatoms. The fourth-order valence-electron chi connectivity index (χ4n) is 7.46. The van der Waals surface area contributed by atoms with Gasteiger partial charge < -0.3 is 69.3 Å². The minimum atomic E-state index is -0.477. The number of aryl methyl sites for hydroxylation is 7. The van der Waals surface area contributed by atoms with E-state index in [1.165, 1.54) is 53.7 Å². The molecule has 0 aliphatic rings. The van der Waals surface area contributed by atoms with Crippen LogP contribution in [0.4, 0.5) is 5.69 Å². The Morgan fingerprint density at radius 2 is 1.02 bits per heavy atom. The molecule has 8 N–H and O–H groups in total. The number of hydrogen-bond acceptors (Lipinski definition) is 16. The van der Waals surface area contributed by atoms with Gasteiger partial charge in [0.2, 0.25) is 11.5 Å². The second kappa shape index (κ2) is 41.0. The molecule has 0 unspecified atom stereocenters. The first-order chi connectivity index (χ1) is 42.3. The van der Waals surface area contributed by atoms with Gasteiger partial charge in [0.15, 0.2) is 46.0 Å². The maximum atomic E-state index is 10.3. The molecule has 0 spiro atoms. The summed E-state index contributed by atoms with van der Waals surface area (Å²) in [4.78, 5) is 9.78. The van der Waals surface area contributed by atoms with Gasteiger partial charge in [-0.15, -0.1) is 13.2 Å². The fraction of sp³-hybridized carbons (Fsp3) is 0.235. The number of nitro groups is 1. The molecule has 0 bridgehead atoms. The summed E-state index contributed by atoms with van der Waals surface area (Å²) in [7, 11) is 9.12. The highest BCUT2D eigenvalue weighted by Gasteiger charge is 2.13. The third kappa shape index (κ3) is 26.1. The van der Waals surface area contributed by atoms with Crippen molar-refractivity contribution in [3.8, 4) is 80.5 Å². The molecule has 8 aromatic carbocycles. The van der Waals surface area contributed by atoms with Gasteiger partial charge in [-0.05, 0) is 246 Å². The number of phenolic OH excluding ortho intramolecular Hbond substituents is 8. The van der Waals surface area contributed by atoms with Crippen molar-refractivity contribution in [2.75, 3.05) is 42.7 Å². The van der Waals surface area contributed by atoms with E-state index in [0.717, 1.165) is 79.9 Å². The number of nitrogens with zero attached hydrogens (tertiary/aromatic N) is 1. The Hall–Kier alpha value is -7.51. The van der Waals surface area contributed by atoms with Gasteiger partial charge >= 0.3 is 0 Å². The minimum absolute atomic E-state index is 0.0304. The van der Waals surface area contributed by atoms with Gasteiger partial charge in [0.25, 0.3) is 5.69 Å². The Labute approximate surface area is 574 Å². The van der Waals surface area contributed by atoms with Crippen LogP contribution in [0.2, 0.25) is 0 Å². The van der Waals surface area contributed by atoms with Crippen molar-refractivity contribution in [3.05, 3.63) is 222 Å². The third-order valence-corrected chi connectivity index (χ3v) is 16.5. The molecule has 0 aromatic heterocycles. The summed E-state index contributed by atoms with van der Waals surface area (Å²) in [5.74, 6) is 4.38. The average Bonchev–Trinajstić information content (AvgIpc) is 2.41. The Morgan fingerprint density at radius 3 is 1.52 bits per heavy atom. The van der Waals surface area contributed by atoms with Crippen LogP contribution >= 0.6 is 86.3 Å². The zero-order valence-electron chi connectivity index (χ0n) is 52.6. The van der Waals surface area contributed by atoms with E-state index in [9.17, 15) is 40.8 Å². The zero-order valence-corrected chi connectivity index (χ0v) is 61.1. The maximum Gasteiger partial charge on any atom is 0.272 e. The quantitative estimate of drug-likeness (QED) is 0.0259. The number of phenols is 8. The van der Waals surface area contributed by atoms with Gasteiger partial charge in [0.05, 0.1) is 60.1 Å². The molecule has 0 saturated heterocycles. The van der Waals surface area contributed by atoms with E-state index < -0.39 is 4.92 Å². The lowest BCUT2D eigenvalue weighted by Gasteiger charge is -2.09. The predicted octanol–water partition coefficient (Wildman–Crippen LogP) is 18.7. The Balaban J connectivity index is 0.000000515. The number of methoxy groups -OCH3 is 6. The lowest BCUT2D eigenvalue weighted by molar-refractivity contribution is -0.385. The van der Waals surface area contributed by atoms with Crippen LogP contribution in [-0.4, -0.2) is 88.4 Å². The summed E-state index contributed by atoms with van der Waals surface area (Å²) in [5.41, 5.74) is 9.66. The molecule has 8 rings (SSSR count). The van der Waals surface area contributed by atoms with Crippen LogP contribution in [0.3, 0.4) is 0 Å². The van der Waals surface area contributed by atoms with E-state index in [-0.39, 0.29) is 40.2 Å². The molecule has 0 aliphatic carbocycles. The summed E-state index contributed by atoms with van der Waals surface area (Å²) < 4.78 is 34.0. The second-order valence-corrected chi connectivity index (χ2v) is 23.6. The molecule has 0 saturated carbocycles. The summed E-state index contributed by atoms with van der Waals surface area (Å²) in [6.45, 7) is 22.3. The van der Waals surface area contributed by atoms with Crippen molar-refractivity contribution in [2.24, 2.45) is 0 Å². The smallest absolute Gasteiger partial charge is 0.272 e. The zero-order chi connectivity index (χ0) is 68.7. The van der Waals surface area contributed by atoms with Crippen LogP contribution < -0.4 is 28.4 Å². The summed E-state index contributed by atoms with van der Waals surface area (Å²) in [5, 5.41) is 84.6.